The molecule has 0 fully saturated rings. The van der Waals surface area contributed by atoms with Gasteiger partial charge < -0.3 is 14.6 Å². The van der Waals surface area contributed by atoms with E-state index >= 15 is 0 Å². The van der Waals surface area contributed by atoms with E-state index in [1.165, 1.54) is 0 Å². The minimum absolute atomic E-state index is 0.122. The summed E-state index contributed by atoms with van der Waals surface area (Å²) in [6, 6.07) is 7.66. The van der Waals surface area contributed by atoms with Crippen LogP contribution in [0.5, 0.6) is 5.75 Å². The van der Waals surface area contributed by atoms with E-state index in [1.54, 1.807) is 0 Å². The van der Waals surface area contributed by atoms with Crippen molar-refractivity contribution in [2.45, 2.75) is 65.3 Å². The molecule has 3 heteroatoms. The fraction of sp³-hybridized carbons (Fsp3) is 0.647. The maximum absolute atomic E-state index is 10.7. The van der Waals surface area contributed by atoms with Gasteiger partial charge in [-0.1, -0.05) is 26.0 Å². The predicted molar refractivity (Wildman–Crippen MR) is 82.1 cm³/mol. The van der Waals surface area contributed by atoms with Crippen LogP contribution in [0.25, 0.3) is 0 Å². The molecule has 0 aliphatic carbocycles. The van der Waals surface area contributed by atoms with E-state index in [4.69, 9.17) is 9.47 Å². The lowest BCUT2D eigenvalue weighted by molar-refractivity contribution is -0.127. The molecule has 3 nitrogen and oxygen atoms in total. The second kappa shape index (κ2) is 7.65. The molecule has 0 bridgehead atoms. The maximum Gasteiger partial charge on any atom is 0.120 e. The zero-order valence-electron chi connectivity index (χ0n) is 13.3. The van der Waals surface area contributed by atoms with Gasteiger partial charge in [-0.05, 0) is 51.3 Å². The van der Waals surface area contributed by atoms with Crippen molar-refractivity contribution in [1.82, 2.24) is 0 Å². The summed E-state index contributed by atoms with van der Waals surface area (Å²) < 4.78 is 11.6. The third-order valence-electron chi connectivity index (χ3n) is 3.67. The van der Waals surface area contributed by atoms with E-state index in [-0.39, 0.29) is 6.10 Å². The Labute approximate surface area is 122 Å². The van der Waals surface area contributed by atoms with E-state index < -0.39 is 11.7 Å². The molecule has 0 aliphatic rings. The van der Waals surface area contributed by atoms with Crippen LogP contribution in [0.2, 0.25) is 0 Å². The number of aliphatic hydroxyl groups excluding tert-OH is 1. The Hall–Kier alpha value is -1.06. The molecule has 1 rings (SSSR count). The van der Waals surface area contributed by atoms with Gasteiger partial charge in [0.25, 0.3) is 0 Å². The maximum atomic E-state index is 10.7. The first-order chi connectivity index (χ1) is 9.49. The van der Waals surface area contributed by atoms with Crippen molar-refractivity contribution in [2.24, 2.45) is 0 Å². The molecule has 20 heavy (non-hydrogen) atoms. The van der Waals surface area contributed by atoms with Crippen molar-refractivity contribution in [1.29, 1.82) is 0 Å². The van der Waals surface area contributed by atoms with Gasteiger partial charge in [-0.2, -0.15) is 0 Å². The molecular weight excluding hydrogens is 252 g/mol. The lowest BCUT2D eigenvalue weighted by atomic mass is 9.86. The summed E-state index contributed by atoms with van der Waals surface area (Å²) in [5, 5.41) is 10.7. The van der Waals surface area contributed by atoms with Crippen molar-refractivity contribution < 1.29 is 14.6 Å². The first-order valence-electron chi connectivity index (χ1n) is 7.57. The van der Waals surface area contributed by atoms with E-state index in [1.807, 2.05) is 45.0 Å². The lowest BCUT2D eigenvalue weighted by Crippen LogP contribution is -2.38. The highest BCUT2D eigenvalue weighted by Gasteiger charge is 2.36. The van der Waals surface area contributed by atoms with Crippen LogP contribution in [0.15, 0.2) is 24.3 Å². The Morgan fingerprint density at radius 2 is 1.80 bits per heavy atom. The standard InChI is InChI=1S/C17H28O3/c1-6-17(7-2,19-8-3)16(18)14-10-9-11-15(12-14)20-13(4)5/h9-13,16,18H,6-8H2,1-5H3. The van der Waals surface area contributed by atoms with Crippen LogP contribution in [-0.4, -0.2) is 23.4 Å². The van der Waals surface area contributed by atoms with E-state index in [9.17, 15) is 5.11 Å². The smallest absolute Gasteiger partial charge is 0.120 e. The first-order valence-corrected chi connectivity index (χ1v) is 7.57. The second-order valence-corrected chi connectivity index (χ2v) is 5.35. The molecule has 0 aliphatic heterocycles. The van der Waals surface area contributed by atoms with E-state index in [0.29, 0.717) is 6.61 Å². The van der Waals surface area contributed by atoms with Crippen molar-refractivity contribution in [3.63, 3.8) is 0 Å². The van der Waals surface area contributed by atoms with Gasteiger partial charge in [-0.15, -0.1) is 0 Å². The van der Waals surface area contributed by atoms with Crippen LogP contribution in [0, 0.1) is 0 Å². The van der Waals surface area contributed by atoms with Crippen LogP contribution in [0.1, 0.15) is 59.1 Å². The van der Waals surface area contributed by atoms with Crippen LogP contribution in [0.3, 0.4) is 0 Å². The van der Waals surface area contributed by atoms with Crippen LogP contribution in [0.4, 0.5) is 0 Å². The Bertz CT molecular complexity index is 397. The van der Waals surface area contributed by atoms with Crippen LogP contribution in [-0.2, 0) is 4.74 Å². The predicted octanol–water partition coefficient (Wildman–Crippen LogP) is 4.10. The van der Waals surface area contributed by atoms with Gasteiger partial charge in [0, 0.05) is 6.61 Å². The summed E-state index contributed by atoms with van der Waals surface area (Å²) in [6.07, 6.45) is 1.02. The van der Waals surface area contributed by atoms with Crippen LogP contribution < -0.4 is 4.74 Å². The van der Waals surface area contributed by atoms with Crippen LogP contribution >= 0.6 is 0 Å². The summed E-state index contributed by atoms with van der Waals surface area (Å²) in [4.78, 5) is 0. The molecule has 1 aromatic rings. The van der Waals surface area contributed by atoms with Gasteiger partial charge in [-0.3, -0.25) is 0 Å². The molecule has 1 aromatic carbocycles. The Morgan fingerprint density at radius 3 is 2.30 bits per heavy atom. The Morgan fingerprint density at radius 1 is 1.15 bits per heavy atom. The molecule has 114 valence electrons. The second-order valence-electron chi connectivity index (χ2n) is 5.35. The number of aliphatic hydroxyl groups is 1. The normalized spacial score (nSPS) is 13.6. The molecule has 0 heterocycles. The number of rotatable bonds is 8. The van der Waals surface area contributed by atoms with Crippen molar-refractivity contribution in [3.05, 3.63) is 29.8 Å². The number of ether oxygens (including phenoxy) is 2. The lowest BCUT2D eigenvalue weighted by Gasteiger charge is -2.36. The Kier molecular flexibility index (Phi) is 6.50. The third kappa shape index (κ3) is 3.97. The van der Waals surface area contributed by atoms with Gasteiger partial charge >= 0.3 is 0 Å². The molecule has 1 atom stereocenters. The summed E-state index contributed by atoms with van der Waals surface area (Å²) in [7, 11) is 0. The highest BCUT2D eigenvalue weighted by molar-refractivity contribution is 5.31. The summed E-state index contributed by atoms with van der Waals surface area (Å²) >= 11 is 0. The zero-order chi connectivity index (χ0) is 15.2. The average Bonchev–Trinajstić information content (AvgIpc) is 2.44. The molecule has 0 saturated carbocycles. The monoisotopic (exact) mass is 280 g/mol. The van der Waals surface area contributed by atoms with Gasteiger partial charge in [0.05, 0.1) is 11.7 Å². The minimum atomic E-state index is -0.645. The van der Waals surface area contributed by atoms with E-state index in [0.717, 1.165) is 24.2 Å². The van der Waals surface area contributed by atoms with Crippen molar-refractivity contribution in [2.75, 3.05) is 6.61 Å². The minimum Gasteiger partial charge on any atom is -0.491 e. The fourth-order valence-corrected chi connectivity index (χ4v) is 2.54. The highest BCUT2D eigenvalue weighted by atomic mass is 16.5. The Balaban J connectivity index is 3.02. The van der Waals surface area contributed by atoms with Gasteiger partial charge in [-0.25, -0.2) is 0 Å². The molecule has 1 unspecified atom stereocenters. The fourth-order valence-electron chi connectivity index (χ4n) is 2.54. The first kappa shape index (κ1) is 17.0. The quantitative estimate of drug-likeness (QED) is 0.779. The number of benzene rings is 1. The number of hydrogen-bond donors (Lipinski definition) is 1. The van der Waals surface area contributed by atoms with Gasteiger partial charge in [0.1, 0.15) is 11.9 Å². The van der Waals surface area contributed by atoms with Gasteiger partial charge in [0.2, 0.25) is 0 Å². The molecule has 0 radical (unpaired) electrons. The molecule has 0 aromatic heterocycles. The third-order valence-corrected chi connectivity index (χ3v) is 3.67. The largest absolute Gasteiger partial charge is 0.491 e. The highest BCUT2D eigenvalue weighted by Crippen LogP contribution is 2.36. The summed E-state index contributed by atoms with van der Waals surface area (Å²) in [5.41, 5.74) is 0.325. The molecule has 0 saturated heterocycles. The van der Waals surface area contributed by atoms with Crippen molar-refractivity contribution in [3.8, 4) is 5.75 Å². The molecule has 0 amide bonds. The molecular formula is C17H28O3. The summed E-state index contributed by atoms with van der Waals surface area (Å²) in [6.45, 7) is 10.6. The molecule has 0 spiro atoms. The molecule has 1 N–H and O–H groups in total. The van der Waals surface area contributed by atoms with Crippen molar-refractivity contribution >= 4 is 0 Å². The van der Waals surface area contributed by atoms with Gasteiger partial charge in [0.15, 0.2) is 0 Å². The topological polar surface area (TPSA) is 38.7 Å². The average molecular weight is 280 g/mol. The SMILES string of the molecule is CCOC(CC)(CC)C(O)c1cccc(OC(C)C)c1. The number of hydrogen-bond acceptors (Lipinski definition) is 3. The summed E-state index contributed by atoms with van der Waals surface area (Å²) in [5.74, 6) is 0.786. The zero-order valence-corrected chi connectivity index (χ0v) is 13.3. The van der Waals surface area contributed by atoms with E-state index in [2.05, 4.69) is 13.8 Å².